The van der Waals surface area contributed by atoms with Gasteiger partial charge in [0.2, 0.25) is 5.91 Å². The Morgan fingerprint density at radius 3 is 2.90 bits per heavy atom. The first-order valence-electron chi connectivity index (χ1n) is 7.09. The number of nitrogens with zero attached hydrogens (tertiary/aromatic N) is 1. The highest BCUT2D eigenvalue weighted by Gasteiger charge is 2.14. The number of methoxy groups -OCH3 is 1. The molecular weight excluding hydrogens is 268 g/mol. The molecule has 1 unspecified atom stereocenters. The molecule has 0 bridgehead atoms. The number of nitrogens with one attached hydrogen (secondary N) is 1. The standard InChI is InChI=1S/C16H22N2O3/c1-12-9-13-5-3-4-6-15(13)18(12)10-16(20)17-14(7-8-19)11-21-2/h3-6,9,14,19H,7-8,10-11H2,1-2H3,(H,17,20). The number of ether oxygens (including phenoxy) is 1. The fourth-order valence-electron chi connectivity index (χ4n) is 2.53. The van der Waals surface area contributed by atoms with E-state index in [9.17, 15) is 4.79 Å². The van der Waals surface area contributed by atoms with E-state index in [0.29, 0.717) is 13.0 Å². The van der Waals surface area contributed by atoms with Crippen molar-refractivity contribution in [3.8, 4) is 0 Å². The molecule has 1 atom stereocenters. The van der Waals surface area contributed by atoms with Crippen LogP contribution in [0.4, 0.5) is 0 Å². The predicted molar refractivity (Wildman–Crippen MR) is 82.2 cm³/mol. The zero-order chi connectivity index (χ0) is 15.2. The average Bonchev–Trinajstić information content (AvgIpc) is 2.76. The topological polar surface area (TPSA) is 63.5 Å². The van der Waals surface area contributed by atoms with Gasteiger partial charge in [0.1, 0.15) is 6.54 Å². The summed E-state index contributed by atoms with van der Waals surface area (Å²) in [7, 11) is 1.58. The second-order valence-electron chi connectivity index (χ2n) is 5.16. The first-order chi connectivity index (χ1) is 10.2. The van der Waals surface area contributed by atoms with Gasteiger partial charge in [-0.1, -0.05) is 18.2 Å². The Kier molecular flexibility index (Phi) is 5.36. The lowest BCUT2D eigenvalue weighted by Crippen LogP contribution is -2.40. The number of rotatable bonds is 7. The molecule has 0 radical (unpaired) electrons. The van der Waals surface area contributed by atoms with Crippen LogP contribution < -0.4 is 5.32 Å². The number of hydrogen-bond acceptors (Lipinski definition) is 3. The fourth-order valence-corrected chi connectivity index (χ4v) is 2.53. The van der Waals surface area contributed by atoms with Crippen LogP contribution in [0, 0.1) is 6.92 Å². The van der Waals surface area contributed by atoms with Crippen molar-refractivity contribution >= 4 is 16.8 Å². The van der Waals surface area contributed by atoms with Crippen LogP contribution in [0.1, 0.15) is 12.1 Å². The molecule has 1 heterocycles. The molecule has 0 saturated heterocycles. The fraction of sp³-hybridized carbons (Fsp3) is 0.438. The normalized spacial score (nSPS) is 12.5. The molecule has 5 nitrogen and oxygen atoms in total. The number of hydrogen-bond donors (Lipinski definition) is 2. The summed E-state index contributed by atoms with van der Waals surface area (Å²) in [5, 5.41) is 13.0. The van der Waals surface area contributed by atoms with Crippen molar-refractivity contribution in [3.05, 3.63) is 36.0 Å². The third kappa shape index (κ3) is 3.83. The number of aryl methyl sites for hydroxylation is 1. The van der Waals surface area contributed by atoms with Crippen LogP contribution in [0.25, 0.3) is 10.9 Å². The largest absolute Gasteiger partial charge is 0.396 e. The van der Waals surface area contributed by atoms with Crippen LogP contribution in [-0.4, -0.2) is 41.9 Å². The highest BCUT2D eigenvalue weighted by Crippen LogP contribution is 2.18. The molecule has 0 aliphatic rings. The molecule has 1 amide bonds. The molecule has 1 aromatic carbocycles. The van der Waals surface area contributed by atoms with Crippen molar-refractivity contribution in [2.24, 2.45) is 0 Å². The smallest absolute Gasteiger partial charge is 0.240 e. The van der Waals surface area contributed by atoms with Gasteiger partial charge >= 0.3 is 0 Å². The van der Waals surface area contributed by atoms with E-state index in [2.05, 4.69) is 11.4 Å². The van der Waals surface area contributed by atoms with Gasteiger partial charge in [-0.3, -0.25) is 4.79 Å². The van der Waals surface area contributed by atoms with E-state index in [0.717, 1.165) is 16.6 Å². The second kappa shape index (κ2) is 7.24. The van der Waals surface area contributed by atoms with Gasteiger partial charge in [0.25, 0.3) is 0 Å². The SMILES string of the molecule is COCC(CCO)NC(=O)Cn1c(C)cc2ccccc21. The van der Waals surface area contributed by atoms with Crippen molar-refractivity contribution in [1.82, 2.24) is 9.88 Å². The minimum atomic E-state index is -0.158. The molecule has 1 aromatic heterocycles. The van der Waals surface area contributed by atoms with E-state index in [4.69, 9.17) is 9.84 Å². The van der Waals surface area contributed by atoms with E-state index in [1.807, 2.05) is 35.8 Å². The van der Waals surface area contributed by atoms with Gasteiger partial charge in [0.05, 0.1) is 12.6 Å². The van der Waals surface area contributed by atoms with Crippen LogP contribution in [0.15, 0.2) is 30.3 Å². The highest BCUT2D eigenvalue weighted by atomic mass is 16.5. The number of benzene rings is 1. The summed E-state index contributed by atoms with van der Waals surface area (Å²) in [6, 6.07) is 9.92. The quantitative estimate of drug-likeness (QED) is 0.811. The zero-order valence-corrected chi connectivity index (χ0v) is 12.5. The van der Waals surface area contributed by atoms with Crippen molar-refractivity contribution in [3.63, 3.8) is 0 Å². The van der Waals surface area contributed by atoms with Crippen LogP contribution in [0.3, 0.4) is 0 Å². The van der Waals surface area contributed by atoms with Gasteiger partial charge in [0.15, 0.2) is 0 Å². The summed E-state index contributed by atoms with van der Waals surface area (Å²) in [6.45, 7) is 2.69. The van der Waals surface area contributed by atoms with Crippen LogP contribution in [-0.2, 0) is 16.1 Å². The Balaban J connectivity index is 2.08. The summed E-state index contributed by atoms with van der Waals surface area (Å²) in [6.07, 6.45) is 0.491. The molecule has 114 valence electrons. The van der Waals surface area contributed by atoms with Gasteiger partial charge in [0, 0.05) is 24.9 Å². The predicted octanol–water partition coefficient (Wildman–Crippen LogP) is 1.46. The number of aromatic nitrogens is 1. The summed E-state index contributed by atoms with van der Waals surface area (Å²) in [5.74, 6) is -0.0741. The lowest BCUT2D eigenvalue weighted by atomic mass is 10.2. The van der Waals surface area contributed by atoms with Gasteiger partial charge < -0.3 is 19.7 Å². The summed E-state index contributed by atoms with van der Waals surface area (Å²) < 4.78 is 7.05. The van der Waals surface area contributed by atoms with Crippen LogP contribution >= 0.6 is 0 Å². The number of carbonyl (C=O) groups is 1. The Morgan fingerprint density at radius 1 is 1.43 bits per heavy atom. The maximum absolute atomic E-state index is 12.2. The molecule has 0 aliphatic heterocycles. The molecule has 0 aliphatic carbocycles. The molecule has 21 heavy (non-hydrogen) atoms. The third-order valence-corrected chi connectivity index (χ3v) is 3.53. The molecule has 0 saturated carbocycles. The third-order valence-electron chi connectivity index (χ3n) is 3.53. The van der Waals surface area contributed by atoms with E-state index in [1.54, 1.807) is 7.11 Å². The second-order valence-corrected chi connectivity index (χ2v) is 5.16. The number of aliphatic hydroxyl groups excluding tert-OH is 1. The Bertz CT molecular complexity index is 601. The maximum Gasteiger partial charge on any atom is 0.240 e. The van der Waals surface area contributed by atoms with Gasteiger partial charge in [-0.2, -0.15) is 0 Å². The monoisotopic (exact) mass is 290 g/mol. The van der Waals surface area contributed by atoms with Crippen molar-refractivity contribution < 1.29 is 14.6 Å². The molecule has 0 spiro atoms. The number of amides is 1. The molecule has 0 fully saturated rings. The van der Waals surface area contributed by atoms with E-state index in [-0.39, 0.29) is 25.1 Å². The minimum absolute atomic E-state index is 0.0276. The van der Waals surface area contributed by atoms with Gasteiger partial charge in [-0.25, -0.2) is 0 Å². The van der Waals surface area contributed by atoms with Gasteiger partial charge in [-0.15, -0.1) is 0 Å². The molecule has 5 heteroatoms. The first-order valence-corrected chi connectivity index (χ1v) is 7.09. The Labute approximate surface area is 124 Å². The maximum atomic E-state index is 12.2. The lowest BCUT2D eigenvalue weighted by molar-refractivity contribution is -0.122. The van der Waals surface area contributed by atoms with Crippen molar-refractivity contribution in [2.75, 3.05) is 20.3 Å². The highest BCUT2D eigenvalue weighted by molar-refractivity contribution is 5.84. The zero-order valence-electron chi connectivity index (χ0n) is 12.5. The Morgan fingerprint density at radius 2 is 2.19 bits per heavy atom. The van der Waals surface area contributed by atoms with Crippen LogP contribution in [0.5, 0.6) is 0 Å². The number of aliphatic hydroxyl groups is 1. The molecular formula is C16H22N2O3. The Hall–Kier alpha value is -1.85. The van der Waals surface area contributed by atoms with E-state index in [1.165, 1.54) is 0 Å². The van der Waals surface area contributed by atoms with Gasteiger partial charge in [-0.05, 0) is 30.9 Å². The van der Waals surface area contributed by atoms with E-state index < -0.39 is 0 Å². The molecule has 2 aromatic rings. The molecule has 2 rings (SSSR count). The molecule has 2 N–H and O–H groups in total. The lowest BCUT2D eigenvalue weighted by Gasteiger charge is -2.17. The number of para-hydroxylation sites is 1. The minimum Gasteiger partial charge on any atom is -0.396 e. The summed E-state index contributed by atoms with van der Waals surface area (Å²) >= 11 is 0. The summed E-state index contributed by atoms with van der Waals surface area (Å²) in [5.41, 5.74) is 2.10. The van der Waals surface area contributed by atoms with Crippen molar-refractivity contribution in [2.45, 2.75) is 25.9 Å². The average molecular weight is 290 g/mol. The first kappa shape index (κ1) is 15.5. The number of carbonyl (C=O) groups excluding carboxylic acids is 1. The van der Waals surface area contributed by atoms with Crippen molar-refractivity contribution in [1.29, 1.82) is 0 Å². The number of fused-ring (bicyclic) bond motifs is 1. The summed E-state index contributed by atoms with van der Waals surface area (Å²) in [4.78, 5) is 12.2. The van der Waals surface area contributed by atoms with E-state index >= 15 is 0 Å². The van der Waals surface area contributed by atoms with Crippen LogP contribution in [0.2, 0.25) is 0 Å².